The van der Waals surface area contributed by atoms with E-state index < -0.39 is 0 Å². The zero-order chi connectivity index (χ0) is 7.84. The van der Waals surface area contributed by atoms with E-state index in [0.717, 1.165) is 12.8 Å². The molecule has 2 fully saturated rings. The van der Waals surface area contributed by atoms with Gasteiger partial charge in [-0.25, -0.2) is 0 Å². The average molecular weight is 156 g/mol. The van der Waals surface area contributed by atoms with E-state index in [1.54, 1.807) is 0 Å². The molecule has 0 amide bonds. The van der Waals surface area contributed by atoms with Crippen molar-refractivity contribution in [3.8, 4) is 0 Å². The van der Waals surface area contributed by atoms with Crippen molar-refractivity contribution in [3.05, 3.63) is 0 Å². The molecule has 4 unspecified atom stereocenters. The maximum Gasteiger partial charge on any atom is 0.0852 e. The molecule has 1 aliphatic carbocycles. The smallest absolute Gasteiger partial charge is 0.0852 e. The molecule has 4 atom stereocenters. The van der Waals surface area contributed by atoms with Crippen LogP contribution in [0.4, 0.5) is 0 Å². The largest absolute Gasteiger partial charge is 0.390 e. The summed E-state index contributed by atoms with van der Waals surface area (Å²) in [7, 11) is 0. The van der Waals surface area contributed by atoms with Gasteiger partial charge in [-0.1, -0.05) is 12.8 Å². The van der Waals surface area contributed by atoms with Gasteiger partial charge in [0.2, 0.25) is 0 Å². The number of aliphatic hydroxyl groups is 1. The minimum atomic E-state index is -0.194. The fraction of sp³-hybridized carbons (Fsp3) is 1.00. The van der Waals surface area contributed by atoms with Gasteiger partial charge in [-0.05, 0) is 19.8 Å². The van der Waals surface area contributed by atoms with E-state index in [1.807, 2.05) is 6.92 Å². The molecule has 0 spiro atoms. The first-order chi connectivity index (χ1) is 5.29. The minimum absolute atomic E-state index is 0.0723. The van der Waals surface area contributed by atoms with Crippen LogP contribution in [0.2, 0.25) is 0 Å². The molecular weight excluding hydrogens is 140 g/mol. The summed E-state index contributed by atoms with van der Waals surface area (Å²) in [6, 6.07) is 0. The summed E-state index contributed by atoms with van der Waals surface area (Å²) in [5, 5.41) is 9.67. The van der Waals surface area contributed by atoms with Crippen molar-refractivity contribution in [2.75, 3.05) is 0 Å². The number of hydrogen-bond acceptors (Lipinski definition) is 2. The SMILES string of the molecule is CC1OC2CCCCC2C1O. The minimum Gasteiger partial charge on any atom is -0.390 e. The second-order valence-corrected chi connectivity index (χ2v) is 3.82. The van der Waals surface area contributed by atoms with E-state index in [0.29, 0.717) is 12.0 Å². The third-order valence-electron chi connectivity index (χ3n) is 3.06. The van der Waals surface area contributed by atoms with Crippen LogP contribution in [0.5, 0.6) is 0 Å². The molecule has 0 aromatic rings. The Bertz CT molecular complexity index is 146. The molecule has 1 saturated carbocycles. The van der Waals surface area contributed by atoms with E-state index in [-0.39, 0.29) is 12.2 Å². The molecular formula is C9H16O2. The topological polar surface area (TPSA) is 29.5 Å². The first kappa shape index (κ1) is 7.56. The second kappa shape index (κ2) is 2.76. The van der Waals surface area contributed by atoms with Gasteiger partial charge in [0.1, 0.15) is 0 Å². The molecule has 0 aromatic carbocycles. The molecule has 1 N–H and O–H groups in total. The highest BCUT2D eigenvalue weighted by Gasteiger charge is 2.41. The van der Waals surface area contributed by atoms with Gasteiger partial charge < -0.3 is 9.84 Å². The lowest BCUT2D eigenvalue weighted by molar-refractivity contribution is 0.0157. The summed E-state index contributed by atoms with van der Waals surface area (Å²) in [4.78, 5) is 0. The Hall–Kier alpha value is -0.0800. The third kappa shape index (κ3) is 1.18. The predicted molar refractivity (Wildman–Crippen MR) is 42.3 cm³/mol. The highest BCUT2D eigenvalue weighted by atomic mass is 16.5. The lowest BCUT2D eigenvalue weighted by atomic mass is 9.84. The standard InChI is InChI=1S/C9H16O2/c1-6-9(10)7-4-2-3-5-8(7)11-6/h6-10H,2-5H2,1H3. The van der Waals surface area contributed by atoms with Crippen molar-refractivity contribution in [1.29, 1.82) is 0 Å². The van der Waals surface area contributed by atoms with Gasteiger partial charge in [-0.15, -0.1) is 0 Å². The Balaban J connectivity index is 2.05. The molecule has 0 aromatic heterocycles. The Morgan fingerprint density at radius 3 is 2.73 bits per heavy atom. The monoisotopic (exact) mass is 156 g/mol. The molecule has 1 saturated heterocycles. The first-order valence-electron chi connectivity index (χ1n) is 4.62. The highest BCUT2D eigenvalue weighted by Crippen LogP contribution is 2.37. The molecule has 2 rings (SSSR count). The fourth-order valence-corrected chi connectivity index (χ4v) is 2.39. The molecule has 2 nitrogen and oxygen atoms in total. The normalized spacial score (nSPS) is 50.7. The molecule has 1 aliphatic heterocycles. The average Bonchev–Trinajstić information content (AvgIpc) is 2.30. The van der Waals surface area contributed by atoms with E-state index in [1.165, 1.54) is 12.8 Å². The molecule has 11 heavy (non-hydrogen) atoms. The van der Waals surface area contributed by atoms with Crippen molar-refractivity contribution < 1.29 is 9.84 Å². The van der Waals surface area contributed by atoms with Crippen LogP contribution in [0.3, 0.4) is 0 Å². The van der Waals surface area contributed by atoms with E-state index in [9.17, 15) is 5.11 Å². The van der Waals surface area contributed by atoms with Crippen LogP contribution in [0.25, 0.3) is 0 Å². The quantitative estimate of drug-likeness (QED) is 0.573. The predicted octanol–water partition coefficient (Wildman–Crippen LogP) is 1.32. The molecule has 2 aliphatic rings. The lowest BCUT2D eigenvalue weighted by Gasteiger charge is -2.24. The van der Waals surface area contributed by atoms with Gasteiger partial charge >= 0.3 is 0 Å². The maximum absolute atomic E-state index is 9.67. The lowest BCUT2D eigenvalue weighted by Crippen LogP contribution is -2.28. The molecule has 1 heterocycles. The Kier molecular flexibility index (Phi) is 1.90. The van der Waals surface area contributed by atoms with Crippen LogP contribution < -0.4 is 0 Å². The summed E-state index contributed by atoms with van der Waals surface area (Å²) < 4.78 is 5.63. The summed E-state index contributed by atoms with van der Waals surface area (Å²) in [6.07, 6.45) is 5.12. The number of hydrogen-bond donors (Lipinski definition) is 1. The van der Waals surface area contributed by atoms with Crippen LogP contribution in [-0.2, 0) is 4.74 Å². The zero-order valence-electron chi connectivity index (χ0n) is 6.99. The Labute approximate surface area is 67.6 Å². The number of fused-ring (bicyclic) bond motifs is 1. The summed E-state index contributed by atoms with van der Waals surface area (Å²) >= 11 is 0. The van der Waals surface area contributed by atoms with Gasteiger partial charge in [-0.2, -0.15) is 0 Å². The Morgan fingerprint density at radius 2 is 2.00 bits per heavy atom. The van der Waals surface area contributed by atoms with Gasteiger partial charge in [0, 0.05) is 5.92 Å². The number of rotatable bonds is 0. The maximum atomic E-state index is 9.67. The van der Waals surface area contributed by atoms with Crippen molar-refractivity contribution in [1.82, 2.24) is 0 Å². The van der Waals surface area contributed by atoms with Gasteiger partial charge in [0.15, 0.2) is 0 Å². The summed E-state index contributed by atoms with van der Waals surface area (Å²) in [5.74, 6) is 0.443. The summed E-state index contributed by atoms with van der Waals surface area (Å²) in [6.45, 7) is 1.98. The first-order valence-corrected chi connectivity index (χ1v) is 4.62. The van der Waals surface area contributed by atoms with Gasteiger partial charge in [0.25, 0.3) is 0 Å². The molecule has 2 heteroatoms. The molecule has 64 valence electrons. The van der Waals surface area contributed by atoms with Crippen LogP contribution in [-0.4, -0.2) is 23.4 Å². The van der Waals surface area contributed by atoms with Crippen LogP contribution in [0, 0.1) is 5.92 Å². The van der Waals surface area contributed by atoms with E-state index >= 15 is 0 Å². The number of ether oxygens (including phenoxy) is 1. The van der Waals surface area contributed by atoms with Gasteiger partial charge in [-0.3, -0.25) is 0 Å². The van der Waals surface area contributed by atoms with E-state index in [4.69, 9.17) is 4.74 Å². The van der Waals surface area contributed by atoms with Gasteiger partial charge in [0.05, 0.1) is 18.3 Å². The third-order valence-corrected chi connectivity index (χ3v) is 3.06. The van der Waals surface area contributed by atoms with Crippen molar-refractivity contribution in [3.63, 3.8) is 0 Å². The fourth-order valence-electron chi connectivity index (χ4n) is 2.39. The van der Waals surface area contributed by atoms with Crippen LogP contribution >= 0.6 is 0 Å². The Morgan fingerprint density at radius 1 is 1.27 bits per heavy atom. The highest BCUT2D eigenvalue weighted by molar-refractivity contribution is 4.90. The zero-order valence-corrected chi connectivity index (χ0v) is 6.99. The number of aliphatic hydroxyl groups excluding tert-OH is 1. The second-order valence-electron chi connectivity index (χ2n) is 3.82. The van der Waals surface area contributed by atoms with Crippen molar-refractivity contribution in [2.45, 2.75) is 50.9 Å². The van der Waals surface area contributed by atoms with Crippen molar-refractivity contribution >= 4 is 0 Å². The van der Waals surface area contributed by atoms with Crippen LogP contribution in [0.15, 0.2) is 0 Å². The molecule has 0 bridgehead atoms. The summed E-state index contributed by atoms with van der Waals surface area (Å²) in [5.41, 5.74) is 0. The van der Waals surface area contributed by atoms with Crippen LogP contribution in [0.1, 0.15) is 32.6 Å². The van der Waals surface area contributed by atoms with E-state index in [2.05, 4.69) is 0 Å². The van der Waals surface area contributed by atoms with Crippen molar-refractivity contribution in [2.24, 2.45) is 5.92 Å². The molecule has 0 radical (unpaired) electrons.